The van der Waals surface area contributed by atoms with Crippen LogP contribution in [-0.4, -0.2) is 29.1 Å². The minimum atomic E-state index is -0.116. The van der Waals surface area contributed by atoms with Gasteiger partial charge in [0.05, 0.1) is 5.69 Å². The van der Waals surface area contributed by atoms with E-state index < -0.39 is 0 Å². The van der Waals surface area contributed by atoms with Crippen molar-refractivity contribution in [3.8, 4) is 0 Å². The number of H-pyrrole nitrogens is 1. The summed E-state index contributed by atoms with van der Waals surface area (Å²) in [4.78, 5) is 21.2. The first-order valence-electron chi connectivity index (χ1n) is 6.48. The van der Waals surface area contributed by atoms with Crippen molar-refractivity contribution in [1.29, 1.82) is 0 Å². The van der Waals surface area contributed by atoms with Crippen LogP contribution in [0, 0.1) is 0 Å². The van der Waals surface area contributed by atoms with Crippen LogP contribution in [0.3, 0.4) is 0 Å². The first-order chi connectivity index (χ1) is 8.36. The molecule has 2 rings (SSSR count). The fourth-order valence-corrected chi connectivity index (χ4v) is 2.09. The normalized spacial score (nSPS) is 18.1. The average molecular weight is 250 g/mol. The maximum Gasteiger partial charge on any atom is 0.252 e. The molecule has 1 aliphatic heterocycles. The number of hydrogen-bond donors (Lipinski definition) is 2. The minimum Gasteiger partial charge on any atom is -0.342 e. The molecule has 1 aromatic rings. The molecule has 1 aromatic heterocycles. The highest BCUT2D eigenvalue weighted by molar-refractivity contribution is 5.32. The third kappa shape index (κ3) is 2.90. The molecule has 0 atom stereocenters. The van der Waals surface area contributed by atoms with Gasteiger partial charge in [0.1, 0.15) is 0 Å². The van der Waals surface area contributed by atoms with Crippen LogP contribution in [0.25, 0.3) is 0 Å². The Morgan fingerprint density at radius 3 is 2.56 bits per heavy atom. The summed E-state index contributed by atoms with van der Waals surface area (Å²) in [6, 6.07) is 1.86. The predicted molar refractivity (Wildman–Crippen MR) is 73.0 cm³/mol. The molecule has 1 aliphatic rings. The van der Waals surface area contributed by atoms with Gasteiger partial charge < -0.3 is 10.6 Å². The summed E-state index contributed by atoms with van der Waals surface area (Å²) in [5, 5.41) is 0. The molecule has 5 nitrogen and oxygen atoms in total. The van der Waals surface area contributed by atoms with Crippen LogP contribution in [0.5, 0.6) is 0 Å². The zero-order valence-electron chi connectivity index (χ0n) is 11.4. The first kappa shape index (κ1) is 13.1. The number of anilines is 1. The van der Waals surface area contributed by atoms with E-state index in [0.717, 1.165) is 31.6 Å². The molecular weight excluding hydrogens is 228 g/mol. The van der Waals surface area contributed by atoms with Gasteiger partial charge in [-0.25, -0.2) is 4.98 Å². The predicted octanol–water partition coefficient (Wildman–Crippen LogP) is 0.995. The maximum absolute atomic E-state index is 11.7. The average Bonchev–Trinajstić information content (AvgIpc) is 2.28. The van der Waals surface area contributed by atoms with E-state index in [1.54, 1.807) is 6.07 Å². The van der Waals surface area contributed by atoms with Gasteiger partial charge in [0.2, 0.25) is 5.95 Å². The molecule has 0 spiro atoms. The highest BCUT2D eigenvalue weighted by Gasteiger charge is 2.21. The molecule has 18 heavy (non-hydrogen) atoms. The first-order valence-corrected chi connectivity index (χ1v) is 6.48. The van der Waals surface area contributed by atoms with E-state index in [1.807, 2.05) is 0 Å². The molecule has 1 fully saturated rings. The molecular formula is C13H22N4O. The lowest BCUT2D eigenvalue weighted by molar-refractivity contribution is 0.491. The van der Waals surface area contributed by atoms with E-state index in [4.69, 9.17) is 5.73 Å². The molecule has 0 radical (unpaired) electrons. The molecule has 0 saturated carbocycles. The number of aromatic nitrogens is 2. The van der Waals surface area contributed by atoms with Gasteiger partial charge in [-0.2, -0.15) is 0 Å². The van der Waals surface area contributed by atoms with Crippen molar-refractivity contribution in [2.24, 2.45) is 5.73 Å². The van der Waals surface area contributed by atoms with E-state index in [0.29, 0.717) is 5.95 Å². The molecule has 5 heteroatoms. The van der Waals surface area contributed by atoms with Crippen molar-refractivity contribution in [1.82, 2.24) is 9.97 Å². The van der Waals surface area contributed by atoms with Crippen molar-refractivity contribution < 1.29 is 0 Å². The molecule has 0 amide bonds. The van der Waals surface area contributed by atoms with Crippen molar-refractivity contribution >= 4 is 5.95 Å². The summed E-state index contributed by atoms with van der Waals surface area (Å²) in [5.41, 5.74) is 6.52. The highest BCUT2D eigenvalue weighted by atomic mass is 16.1. The van der Waals surface area contributed by atoms with E-state index >= 15 is 0 Å². The molecule has 0 bridgehead atoms. The second kappa shape index (κ2) is 4.72. The van der Waals surface area contributed by atoms with Crippen molar-refractivity contribution in [3.05, 3.63) is 22.1 Å². The zero-order chi connectivity index (χ0) is 13.3. The minimum absolute atomic E-state index is 0.0835. The SMILES string of the molecule is CC(C)(C)c1cc(=O)[nH]c(N2CCC(N)CC2)n1. The second-order valence-corrected chi connectivity index (χ2v) is 6.03. The lowest BCUT2D eigenvalue weighted by atomic mass is 9.92. The summed E-state index contributed by atoms with van der Waals surface area (Å²) in [6.07, 6.45) is 1.90. The Hall–Kier alpha value is -1.36. The smallest absolute Gasteiger partial charge is 0.252 e. The van der Waals surface area contributed by atoms with Crippen molar-refractivity contribution in [2.45, 2.75) is 45.1 Å². The molecule has 100 valence electrons. The quantitative estimate of drug-likeness (QED) is 0.779. The molecule has 0 aromatic carbocycles. The fraction of sp³-hybridized carbons (Fsp3) is 0.692. The second-order valence-electron chi connectivity index (χ2n) is 6.03. The number of nitrogens with zero attached hydrogens (tertiary/aromatic N) is 2. The summed E-state index contributed by atoms with van der Waals surface area (Å²) in [6.45, 7) is 7.90. The Bertz CT molecular complexity index is 467. The van der Waals surface area contributed by atoms with E-state index in [2.05, 4.69) is 35.6 Å². The Labute approximate surface area is 107 Å². The van der Waals surface area contributed by atoms with Crippen LogP contribution in [0.15, 0.2) is 10.9 Å². The summed E-state index contributed by atoms with van der Waals surface area (Å²) >= 11 is 0. The van der Waals surface area contributed by atoms with Gasteiger partial charge in [0.15, 0.2) is 0 Å². The van der Waals surface area contributed by atoms with Crippen molar-refractivity contribution in [3.63, 3.8) is 0 Å². The fourth-order valence-electron chi connectivity index (χ4n) is 2.09. The van der Waals surface area contributed by atoms with Crippen LogP contribution < -0.4 is 16.2 Å². The molecule has 3 N–H and O–H groups in total. The number of rotatable bonds is 1. The topological polar surface area (TPSA) is 75.0 Å². The lowest BCUT2D eigenvalue weighted by Gasteiger charge is -2.31. The third-order valence-corrected chi connectivity index (χ3v) is 3.34. The van der Waals surface area contributed by atoms with E-state index in [-0.39, 0.29) is 17.0 Å². The number of nitrogens with two attached hydrogens (primary N) is 1. The van der Waals surface area contributed by atoms with Gasteiger partial charge in [-0.05, 0) is 12.8 Å². The number of nitrogens with one attached hydrogen (secondary N) is 1. The Kier molecular flexibility index (Phi) is 3.43. The van der Waals surface area contributed by atoms with Crippen LogP contribution in [0.4, 0.5) is 5.95 Å². The van der Waals surface area contributed by atoms with E-state index in [1.165, 1.54) is 0 Å². The maximum atomic E-state index is 11.7. The van der Waals surface area contributed by atoms with Gasteiger partial charge in [-0.15, -0.1) is 0 Å². The summed E-state index contributed by atoms with van der Waals surface area (Å²) in [5.74, 6) is 0.680. The molecule has 0 unspecified atom stereocenters. The number of aromatic amines is 1. The van der Waals surface area contributed by atoms with Gasteiger partial charge in [0, 0.05) is 30.6 Å². The lowest BCUT2D eigenvalue weighted by Crippen LogP contribution is -2.41. The van der Waals surface area contributed by atoms with Crippen LogP contribution in [-0.2, 0) is 5.41 Å². The van der Waals surface area contributed by atoms with Gasteiger partial charge in [-0.3, -0.25) is 9.78 Å². The van der Waals surface area contributed by atoms with Crippen molar-refractivity contribution in [2.75, 3.05) is 18.0 Å². The van der Waals surface area contributed by atoms with Crippen LogP contribution in [0.2, 0.25) is 0 Å². The van der Waals surface area contributed by atoms with Crippen LogP contribution >= 0.6 is 0 Å². The Morgan fingerprint density at radius 1 is 1.39 bits per heavy atom. The van der Waals surface area contributed by atoms with Gasteiger partial charge >= 0.3 is 0 Å². The van der Waals surface area contributed by atoms with Crippen LogP contribution in [0.1, 0.15) is 39.3 Å². The van der Waals surface area contributed by atoms with Gasteiger partial charge in [-0.1, -0.05) is 20.8 Å². The summed E-state index contributed by atoms with van der Waals surface area (Å²) in [7, 11) is 0. The largest absolute Gasteiger partial charge is 0.342 e. The molecule has 1 saturated heterocycles. The molecule has 0 aliphatic carbocycles. The monoisotopic (exact) mass is 250 g/mol. The molecule has 2 heterocycles. The number of hydrogen-bond acceptors (Lipinski definition) is 4. The Morgan fingerprint density at radius 2 is 2.00 bits per heavy atom. The zero-order valence-corrected chi connectivity index (χ0v) is 11.4. The standard InChI is InChI=1S/C13H22N4O/c1-13(2,3)10-8-11(18)16-12(15-10)17-6-4-9(14)5-7-17/h8-9H,4-7,14H2,1-3H3,(H,15,16,18). The highest BCUT2D eigenvalue weighted by Crippen LogP contribution is 2.21. The Balaban J connectivity index is 2.28. The summed E-state index contributed by atoms with van der Waals surface area (Å²) < 4.78 is 0. The number of piperidine rings is 1. The van der Waals surface area contributed by atoms with E-state index in [9.17, 15) is 4.79 Å². The van der Waals surface area contributed by atoms with Gasteiger partial charge in [0.25, 0.3) is 5.56 Å². The third-order valence-electron chi connectivity index (χ3n) is 3.34.